The molecular formula is C14H26N2. The number of nitrogens with two attached hydrogens (primary N) is 1. The van der Waals surface area contributed by atoms with Crippen molar-refractivity contribution in [3.8, 4) is 0 Å². The molecule has 2 saturated carbocycles. The zero-order valence-electron chi connectivity index (χ0n) is 10.6. The summed E-state index contributed by atoms with van der Waals surface area (Å²) in [6.07, 6.45) is 10.1. The number of hydrogen-bond acceptors (Lipinski definition) is 2. The zero-order chi connectivity index (χ0) is 11.2. The van der Waals surface area contributed by atoms with E-state index in [1.165, 1.54) is 51.5 Å². The van der Waals surface area contributed by atoms with Crippen LogP contribution >= 0.6 is 0 Å². The van der Waals surface area contributed by atoms with Gasteiger partial charge in [-0.05, 0) is 43.9 Å². The van der Waals surface area contributed by atoms with Gasteiger partial charge in [-0.15, -0.1) is 0 Å². The Hall–Kier alpha value is -0.0800. The zero-order valence-corrected chi connectivity index (χ0v) is 10.6. The predicted molar refractivity (Wildman–Crippen MR) is 67.3 cm³/mol. The summed E-state index contributed by atoms with van der Waals surface area (Å²) in [7, 11) is 0. The van der Waals surface area contributed by atoms with E-state index in [1.807, 2.05) is 0 Å². The molecule has 0 radical (unpaired) electrons. The van der Waals surface area contributed by atoms with Gasteiger partial charge in [0.15, 0.2) is 0 Å². The summed E-state index contributed by atoms with van der Waals surface area (Å²) in [6, 6.07) is 1.25. The highest BCUT2D eigenvalue weighted by Crippen LogP contribution is 2.52. The highest BCUT2D eigenvalue weighted by molar-refractivity contribution is 5.09. The fraction of sp³-hybridized carbons (Fsp3) is 1.00. The molecule has 2 heteroatoms. The summed E-state index contributed by atoms with van der Waals surface area (Å²) in [5.74, 6) is 0.954. The second kappa shape index (κ2) is 3.99. The van der Waals surface area contributed by atoms with Crippen molar-refractivity contribution < 1.29 is 0 Å². The Balaban J connectivity index is 1.60. The average Bonchev–Trinajstić information content (AvgIpc) is 3.01. The lowest BCUT2D eigenvalue weighted by Gasteiger charge is -2.34. The molecule has 3 fully saturated rings. The average molecular weight is 222 g/mol. The van der Waals surface area contributed by atoms with Crippen molar-refractivity contribution in [3.63, 3.8) is 0 Å². The van der Waals surface area contributed by atoms with Crippen molar-refractivity contribution in [3.05, 3.63) is 0 Å². The molecule has 1 aliphatic heterocycles. The molecule has 1 saturated heterocycles. The number of nitrogens with zero attached hydrogens (tertiary/aromatic N) is 1. The number of rotatable bonds is 2. The normalized spacial score (nSPS) is 36.8. The summed E-state index contributed by atoms with van der Waals surface area (Å²) < 4.78 is 0. The fourth-order valence-corrected chi connectivity index (χ4v) is 3.95. The third-order valence-electron chi connectivity index (χ3n) is 5.54. The summed E-state index contributed by atoms with van der Waals surface area (Å²) in [4.78, 5) is 2.70. The summed E-state index contributed by atoms with van der Waals surface area (Å²) in [5, 5.41) is 0. The Morgan fingerprint density at radius 2 is 1.88 bits per heavy atom. The van der Waals surface area contributed by atoms with Gasteiger partial charge in [-0.2, -0.15) is 0 Å². The first-order chi connectivity index (χ1) is 7.71. The first kappa shape index (κ1) is 11.0. The molecule has 2 atom stereocenters. The van der Waals surface area contributed by atoms with Crippen LogP contribution in [0.2, 0.25) is 0 Å². The Labute approximate surface area is 99.6 Å². The molecule has 0 bridgehead atoms. The molecule has 0 aromatic carbocycles. The first-order valence-electron chi connectivity index (χ1n) is 7.21. The minimum Gasteiger partial charge on any atom is -0.326 e. The quantitative estimate of drug-likeness (QED) is 0.777. The van der Waals surface area contributed by atoms with Crippen LogP contribution in [-0.2, 0) is 0 Å². The van der Waals surface area contributed by atoms with Crippen LogP contribution in [0, 0.1) is 11.3 Å². The van der Waals surface area contributed by atoms with Crippen LogP contribution in [0.3, 0.4) is 0 Å². The van der Waals surface area contributed by atoms with Crippen LogP contribution in [0.25, 0.3) is 0 Å². The van der Waals surface area contributed by atoms with Crippen LogP contribution in [-0.4, -0.2) is 30.1 Å². The second-order valence-corrected chi connectivity index (χ2v) is 6.54. The standard InChI is InChI=1S/C14H26N2/c1-11(12-5-3-2-4-6-12)16-9-13(15)14(10-16)7-8-14/h11-13H,2-10,15H2,1H3. The maximum Gasteiger partial charge on any atom is 0.0237 e. The number of hydrogen-bond donors (Lipinski definition) is 1. The first-order valence-corrected chi connectivity index (χ1v) is 7.21. The molecule has 92 valence electrons. The lowest BCUT2D eigenvalue weighted by molar-refractivity contribution is 0.150. The number of likely N-dealkylation sites (tertiary alicyclic amines) is 1. The fourth-order valence-electron chi connectivity index (χ4n) is 3.95. The maximum atomic E-state index is 6.29. The molecule has 1 heterocycles. The van der Waals surface area contributed by atoms with Gasteiger partial charge < -0.3 is 5.73 Å². The summed E-state index contributed by atoms with van der Waals surface area (Å²) in [6.45, 7) is 4.91. The van der Waals surface area contributed by atoms with E-state index in [9.17, 15) is 0 Å². The van der Waals surface area contributed by atoms with Gasteiger partial charge in [0.1, 0.15) is 0 Å². The minimum atomic E-state index is 0.471. The van der Waals surface area contributed by atoms with Gasteiger partial charge in [-0.3, -0.25) is 4.90 Å². The van der Waals surface area contributed by atoms with Gasteiger partial charge in [0.05, 0.1) is 0 Å². The van der Waals surface area contributed by atoms with Crippen LogP contribution in [0.1, 0.15) is 51.9 Å². The lowest BCUT2D eigenvalue weighted by Crippen LogP contribution is -2.39. The van der Waals surface area contributed by atoms with Crippen LogP contribution in [0.4, 0.5) is 0 Å². The van der Waals surface area contributed by atoms with Gasteiger partial charge in [0.25, 0.3) is 0 Å². The Bertz CT molecular complexity index is 253. The van der Waals surface area contributed by atoms with E-state index in [2.05, 4.69) is 11.8 Å². The third-order valence-corrected chi connectivity index (χ3v) is 5.54. The Morgan fingerprint density at radius 3 is 2.44 bits per heavy atom. The largest absolute Gasteiger partial charge is 0.326 e. The van der Waals surface area contributed by atoms with E-state index in [1.54, 1.807) is 0 Å². The molecule has 2 unspecified atom stereocenters. The van der Waals surface area contributed by atoms with Crippen molar-refractivity contribution in [2.75, 3.05) is 13.1 Å². The molecular weight excluding hydrogens is 196 g/mol. The van der Waals surface area contributed by atoms with E-state index in [-0.39, 0.29) is 0 Å². The van der Waals surface area contributed by atoms with E-state index in [4.69, 9.17) is 5.73 Å². The van der Waals surface area contributed by atoms with Gasteiger partial charge >= 0.3 is 0 Å². The summed E-state index contributed by atoms with van der Waals surface area (Å²) >= 11 is 0. The molecule has 2 aliphatic carbocycles. The van der Waals surface area contributed by atoms with E-state index in [0.29, 0.717) is 11.5 Å². The Morgan fingerprint density at radius 1 is 1.19 bits per heavy atom. The second-order valence-electron chi connectivity index (χ2n) is 6.54. The molecule has 2 nitrogen and oxygen atoms in total. The molecule has 3 aliphatic rings. The highest BCUT2D eigenvalue weighted by atomic mass is 15.2. The summed E-state index contributed by atoms with van der Waals surface area (Å²) in [5.41, 5.74) is 6.85. The van der Waals surface area contributed by atoms with Gasteiger partial charge in [-0.25, -0.2) is 0 Å². The topological polar surface area (TPSA) is 29.3 Å². The van der Waals surface area contributed by atoms with Crippen molar-refractivity contribution in [2.45, 2.75) is 64.0 Å². The minimum absolute atomic E-state index is 0.471. The molecule has 2 N–H and O–H groups in total. The lowest BCUT2D eigenvalue weighted by atomic mass is 9.84. The SMILES string of the molecule is CC(C1CCCCC1)N1CC(N)C2(CC2)C1. The molecule has 0 aromatic rings. The maximum absolute atomic E-state index is 6.29. The van der Waals surface area contributed by atoms with Crippen molar-refractivity contribution in [2.24, 2.45) is 17.1 Å². The van der Waals surface area contributed by atoms with E-state index < -0.39 is 0 Å². The molecule has 0 aromatic heterocycles. The monoisotopic (exact) mass is 222 g/mol. The predicted octanol–water partition coefficient (Wildman–Crippen LogP) is 2.38. The van der Waals surface area contributed by atoms with Crippen molar-refractivity contribution in [1.82, 2.24) is 4.90 Å². The third kappa shape index (κ3) is 1.80. The molecule has 16 heavy (non-hydrogen) atoms. The van der Waals surface area contributed by atoms with Gasteiger partial charge in [0, 0.05) is 25.2 Å². The van der Waals surface area contributed by atoms with Crippen molar-refractivity contribution >= 4 is 0 Å². The van der Waals surface area contributed by atoms with E-state index in [0.717, 1.165) is 18.5 Å². The highest BCUT2D eigenvalue weighted by Gasteiger charge is 2.54. The Kier molecular flexibility index (Phi) is 2.75. The van der Waals surface area contributed by atoms with Gasteiger partial charge in [0.2, 0.25) is 0 Å². The van der Waals surface area contributed by atoms with Crippen LogP contribution in [0.5, 0.6) is 0 Å². The molecule has 0 amide bonds. The van der Waals surface area contributed by atoms with Crippen molar-refractivity contribution in [1.29, 1.82) is 0 Å². The smallest absolute Gasteiger partial charge is 0.0237 e. The molecule has 3 rings (SSSR count). The molecule has 1 spiro atoms. The van der Waals surface area contributed by atoms with E-state index >= 15 is 0 Å². The van der Waals surface area contributed by atoms with Gasteiger partial charge in [-0.1, -0.05) is 19.3 Å². The van der Waals surface area contributed by atoms with Crippen LogP contribution in [0.15, 0.2) is 0 Å². The van der Waals surface area contributed by atoms with Crippen LogP contribution < -0.4 is 5.73 Å².